The van der Waals surface area contributed by atoms with Crippen LogP contribution in [-0.2, 0) is 20.8 Å². The number of imide groups is 1. The summed E-state index contributed by atoms with van der Waals surface area (Å²) in [6.07, 6.45) is 3.00. The topological polar surface area (TPSA) is 66.9 Å². The Morgan fingerprint density at radius 2 is 1.96 bits per heavy atom. The molecule has 1 aliphatic rings. The molecule has 0 aromatic heterocycles. The van der Waals surface area contributed by atoms with Crippen LogP contribution in [0, 0.1) is 0 Å². The Kier molecular flexibility index (Phi) is 6.12. The Balaban J connectivity index is 1.77. The standard InChI is InChI=1S/C18H22N2O4/c1-3-16(21)20-12-11-19(13-18(20)23)17(22)6-4-5-14-7-9-15(24-2)10-8-14/h3,7-10H,1,4-6,11-13H2,2H3. The van der Waals surface area contributed by atoms with Crippen molar-refractivity contribution in [1.82, 2.24) is 9.80 Å². The maximum atomic E-state index is 12.2. The molecule has 6 heteroatoms. The number of nitrogens with zero attached hydrogens (tertiary/aromatic N) is 2. The van der Waals surface area contributed by atoms with E-state index in [9.17, 15) is 14.4 Å². The van der Waals surface area contributed by atoms with Crippen LogP contribution in [0.25, 0.3) is 0 Å². The number of amides is 3. The van der Waals surface area contributed by atoms with Crippen LogP contribution in [0.1, 0.15) is 18.4 Å². The van der Waals surface area contributed by atoms with Crippen LogP contribution in [-0.4, -0.2) is 54.3 Å². The molecule has 1 heterocycles. The molecule has 0 unspecified atom stereocenters. The number of methoxy groups -OCH3 is 1. The summed E-state index contributed by atoms with van der Waals surface area (Å²) in [5, 5.41) is 0. The van der Waals surface area contributed by atoms with Gasteiger partial charge in [0, 0.05) is 19.5 Å². The predicted molar refractivity (Wildman–Crippen MR) is 89.4 cm³/mol. The van der Waals surface area contributed by atoms with Crippen LogP contribution in [0.5, 0.6) is 5.75 Å². The van der Waals surface area contributed by atoms with Crippen LogP contribution < -0.4 is 4.74 Å². The Labute approximate surface area is 141 Å². The lowest BCUT2D eigenvalue weighted by molar-refractivity contribution is -0.151. The first kappa shape index (κ1) is 17.7. The molecule has 0 aliphatic carbocycles. The fourth-order valence-electron chi connectivity index (χ4n) is 2.62. The SMILES string of the molecule is C=CC(=O)N1CCN(C(=O)CCCc2ccc(OC)cc2)CC1=O. The van der Waals surface area contributed by atoms with Gasteiger partial charge in [-0.1, -0.05) is 18.7 Å². The van der Waals surface area contributed by atoms with Crippen LogP contribution >= 0.6 is 0 Å². The van der Waals surface area contributed by atoms with Crippen molar-refractivity contribution in [2.45, 2.75) is 19.3 Å². The van der Waals surface area contributed by atoms with Gasteiger partial charge >= 0.3 is 0 Å². The first-order chi connectivity index (χ1) is 11.5. The van der Waals surface area contributed by atoms with Crippen molar-refractivity contribution < 1.29 is 19.1 Å². The van der Waals surface area contributed by atoms with E-state index in [0.29, 0.717) is 19.4 Å². The minimum Gasteiger partial charge on any atom is -0.497 e. The van der Waals surface area contributed by atoms with Gasteiger partial charge in [-0.3, -0.25) is 19.3 Å². The number of carbonyl (C=O) groups excluding carboxylic acids is 3. The molecule has 0 spiro atoms. The summed E-state index contributed by atoms with van der Waals surface area (Å²) in [6.45, 7) is 3.94. The average Bonchev–Trinajstić information content (AvgIpc) is 2.61. The van der Waals surface area contributed by atoms with E-state index in [-0.39, 0.29) is 24.9 Å². The summed E-state index contributed by atoms with van der Waals surface area (Å²) in [6, 6.07) is 7.75. The van der Waals surface area contributed by atoms with Crippen molar-refractivity contribution in [3.05, 3.63) is 42.5 Å². The van der Waals surface area contributed by atoms with Gasteiger partial charge < -0.3 is 9.64 Å². The van der Waals surface area contributed by atoms with Gasteiger partial charge in [0.2, 0.25) is 11.8 Å². The van der Waals surface area contributed by atoms with Gasteiger partial charge in [0.1, 0.15) is 12.3 Å². The summed E-state index contributed by atoms with van der Waals surface area (Å²) in [5.41, 5.74) is 1.14. The number of hydrogen-bond donors (Lipinski definition) is 0. The maximum Gasteiger partial charge on any atom is 0.252 e. The molecule has 6 nitrogen and oxygen atoms in total. The van der Waals surface area contributed by atoms with Crippen LogP contribution in [0.4, 0.5) is 0 Å². The Morgan fingerprint density at radius 3 is 2.54 bits per heavy atom. The summed E-state index contributed by atoms with van der Waals surface area (Å²) >= 11 is 0. The highest BCUT2D eigenvalue weighted by Crippen LogP contribution is 2.14. The van der Waals surface area contributed by atoms with E-state index in [2.05, 4.69) is 6.58 Å². The van der Waals surface area contributed by atoms with Gasteiger partial charge in [0.05, 0.1) is 7.11 Å². The normalized spacial score (nSPS) is 14.5. The third-order valence-corrected chi connectivity index (χ3v) is 4.03. The molecule has 24 heavy (non-hydrogen) atoms. The minimum atomic E-state index is -0.411. The summed E-state index contributed by atoms with van der Waals surface area (Å²) in [5.74, 6) is -0.0101. The number of piperazine rings is 1. The lowest BCUT2D eigenvalue weighted by Gasteiger charge is -2.32. The molecule has 2 rings (SSSR count). The second-order valence-electron chi connectivity index (χ2n) is 5.60. The molecule has 0 saturated carbocycles. The summed E-state index contributed by atoms with van der Waals surface area (Å²) in [4.78, 5) is 38.3. The molecule has 0 radical (unpaired) electrons. The molecule has 3 amide bonds. The molecule has 0 atom stereocenters. The maximum absolute atomic E-state index is 12.2. The quantitative estimate of drug-likeness (QED) is 0.740. The van der Waals surface area contributed by atoms with Crippen molar-refractivity contribution in [3.63, 3.8) is 0 Å². The zero-order valence-corrected chi connectivity index (χ0v) is 13.9. The number of hydrogen-bond acceptors (Lipinski definition) is 4. The third kappa shape index (κ3) is 4.44. The molecular formula is C18H22N2O4. The van der Waals surface area contributed by atoms with E-state index in [0.717, 1.165) is 28.7 Å². The fourth-order valence-corrected chi connectivity index (χ4v) is 2.62. The molecule has 1 saturated heterocycles. The molecule has 1 aromatic carbocycles. The number of benzene rings is 1. The number of rotatable bonds is 6. The second-order valence-corrected chi connectivity index (χ2v) is 5.60. The highest BCUT2D eigenvalue weighted by molar-refractivity contribution is 6.02. The van der Waals surface area contributed by atoms with E-state index < -0.39 is 5.91 Å². The van der Waals surface area contributed by atoms with Crippen molar-refractivity contribution in [2.75, 3.05) is 26.7 Å². The monoisotopic (exact) mass is 330 g/mol. The minimum absolute atomic E-state index is 0.0407. The molecule has 1 aromatic rings. The van der Waals surface area contributed by atoms with Gasteiger partial charge in [-0.05, 0) is 36.6 Å². The Bertz CT molecular complexity index is 624. The lowest BCUT2D eigenvalue weighted by atomic mass is 10.1. The van der Waals surface area contributed by atoms with Crippen LogP contribution in [0.15, 0.2) is 36.9 Å². The second kappa shape index (κ2) is 8.29. The highest BCUT2D eigenvalue weighted by Gasteiger charge is 2.29. The van der Waals surface area contributed by atoms with Gasteiger partial charge in [0.25, 0.3) is 5.91 Å². The van der Waals surface area contributed by atoms with E-state index in [1.807, 2.05) is 24.3 Å². The van der Waals surface area contributed by atoms with E-state index in [4.69, 9.17) is 4.74 Å². The van der Waals surface area contributed by atoms with Crippen LogP contribution in [0.2, 0.25) is 0 Å². The van der Waals surface area contributed by atoms with Gasteiger partial charge in [-0.2, -0.15) is 0 Å². The molecular weight excluding hydrogens is 308 g/mol. The first-order valence-electron chi connectivity index (χ1n) is 7.92. The smallest absolute Gasteiger partial charge is 0.252 e. The summed E-state index contributed by atoms with van der Waals surface area (Å²) in [7, 11) is 1.62. The number of aryl methyl sites for hydroxylation is 1. The zero-order valence-electron chi connectivity index (χ0n) is 13.9. The number of carbonyl (C=O) groups is 3. The largest absolute Gasteiger partial charge is 0.497 e. The predicted octanol–water partition coefficient (Wildman–Crippen LogP) is 1.40. The van der Waals surface area contributed by atoms with Gasteiger partial charge in [-0.25, -0.2) is 0 Å². The van der Waals surface area contributed by atoms with E-state index in [1.165, 1.54) is 4.90 Å². The zero-order chi connectivity index (χ0) is 17.5. The Morgan fingerprint density at radius 1 is 1.25 bits per heavy atom. The molecule has 1 fully saturated rings. The van der Waals surface area contributed by atoms with Crippen molar-refractivity contribution in [1.29, 1.82) is 0 Å². The first-order valence-corrected chi connectivity index (χ1v) is 7.92. The fraction of sp³-hybridized carbons (Fsp3) is 0.389. The molecule has 1 aliphatic heterocycles. The lowest BCUT2D eigenvalue weighted by Crippen LogP contribution is -2.53. The average molecular weight is 330 g/mol. The molecule has 128 valence electrons. The summed E-state index contributed by atoms with van der Waals surface area (Å²) < 4.78 is 5.11. The van der Waals surface area contributed by atoms with Gasteiger partial charge in [-0.15, -0.1) is 0 Å². The molecule has 0 N–H and O–H groups in total. The Hall–Kier alpha value is -2.63. The van der Waals surface area contributed by atoms with Crippen molar-refractivity contribution in [2.24, 2.45) is 0 Å². The van der Waals surface area contributed by atoms with E-state index in [1.54, 1.807) is 7.11 Å². The van der Waals surface area contributed by atoms with Crippen LogP contribution in [0.3, 0.4) is 0 Å². The van der Waals surface area contributed by atoms with Crippen molar-refractivity contribution >= 4 is 17.7 Å². The van der Waals surface area contributed by atoms with E-state index >= 15 is 0 Å². The third-order valence-electron chi connectivity index (χ3n) is 4.03. The molecule has 0 bridgehead atoms. The van der Waals surface area contributed by atoms with Crippen molar-refractivity contribution in [3.8, 4) is 5.75 Å². The number of ether oxygens (including phenoxy) is 1. The van der Waals surface area contributed by atoms with Gasteiger partial charge in [0.15, 0.2) is 0 Å². The highest BCUT2D eigenvalue weighted by atomic mass is 16.5.